The first-order chi connectivity index (χ1) is 8.15. The molecule has 3 nitrogen and oxygen atoms in total. The van der Waals surface area contributed by atoms with E-state index in [9.17, 15) is 0 Å². The zero-order valence-electron chi connectivity index (χ0n) is 10.2. The number of halogens is 2. The Bertz CT molecular complexity index is 381. The van der Waals surface area contributed by atoms with Gasteiger partial charge >= 0.3 is 0 Å². The first kappa shape index (κ1) is 13.6. The molecule has 0 aliphatic heterocycles. The van der Waals surface area contributed by atoms with Crippen molar-refractivity contribution in [1.82, 2.24) is 9.78 Å². The molecular weight excluding hydrogens is 348 g/mol. The number of hydrogen-bond donors (Lipinski definition) is 0. The second kappa shape index (κ2) is 5.85. The molecule has 0 saturated heterocycles. The highest BCUT2D eigenvalue weighted by molar-refractivity contribution is 9.10. The van der Waals surface area contributed by atoms with Crippen LogP contribution in [0.2, 0.25) is 0 Å². The van der Waals surface area contributed by atoms with Crippen molar-refractivity contribution in [2.24, 2.45) is 5.92 Å². The van der Waals surface area contributed by atoms with Crippen LogP contribution in [0.25, 0.3) is 0 Å². The summed E-state index contributed by atoms with van der Waals surface area (Å²) in [5, 5.41) is 4.43. The van der Waals surface area contributed by atoms with E-state index in [-0.39, 0.29) is 0 Å². The quantitative estimate of drug-likeness (QED) is 0.762. The van der Waals surface area contributed by atoms with Crippen molar-refractivity contribution in [3.05, 3.63) is 16.4 Å². The van der Waals surface area contributed by atoms with Crippen molar-refractivity contribution in [2.45, 2.75) is 37.1 Å². The van der Waals surface area contributed by atoms with Crippen LogP contribution in [0.5, 0.6) is 0 Å². The molecule has 0 aromatic carbocycles. The normalized spacial score (nSPS) is 28.8. The summed E-state index contributed by atoms with van der Waals surface area (Å²) in [6, 6.07) is 0. The maximum Gasteiger partial charge on any atom is 0.0658 e. The Morgan fingerprint density at radius 1 is 1.53 bits per heavy atom. The molecule has 1 aliphatic rings. The summed E-state index contributed by atoms with van der Waals surface area (Å²) in [4.78, 5) is 0.630. The van der Waals surface area contributed by atoms with Gasteiger partial charge < -0.3 is 4.74 Å². The second-order valence-electron chi connectivity index (χ2n) is 4.65. The van der Waals surface area contributed by atoms with E-state index in [4.69, 9.17) is 4.74 Å². The fraction of sp³-hybridized carbons (Fsp3) is 0.750. The summed E-state index contributed by atoms with van der Waals surface area (Å²) in [5.41, 5.74) is 1.33. The Labute approximate surface area is 119 Å². The molecule has 1 fully saturated rings. The lowest BCUT2D eigenvalue weighted by Gasteiger charge is -2.19. The van der Waals surface area contributed by atoms with Gasteiger partial charge in [0.2, 0.25) is 0 Å². The number of rotatable bonds is 4. The lowest BCUT2D eigenvalue weighted by atomic mass is 9.94. The summed E-state index contributed by atoms with van der Waals surface area (Å²) in [5.74, 6) is 1.25. The Hall–Kier alpha value is 0.130. The molecule has 96 valence electrons. The van der Waals surface area contributed by atoms with Gasteiger partial charge in [0, 0.05) is 17.9 Å². The highest BCUT2D eigenvalue weighted by Crippen LogP contribution is 2.44. The first-order valence-electron chi connectivity index (χ1n) is 5.99. The van der Waals surface area contributed by atoms with E-state index in [2.05, 4.69) is 48.6 Å². The zero-order chi connectivity index (χ0) is 12.4. The van der Waals surface area contributed by atoms with Gasteiger partial charge in [0.1, 0.15) is 0 Å². The van der Waals surface area contributed by atoms with Crippen LogP contribution in [0, 0.1) is 5.92 Å². The molecule has 1 aliphatic carbocycles. The summed E-state index contributed by atoms with van der Waals surface area (Å²) >= 11 is 7.39. The van der Waals surface area contributed by atoms with Gasteiger partial charge in [-0.3, -0.25) is 4.68 Å². The van der Waals surface area contributed by atoms with Crippen LogP contribution < -0.4 is 0 Å². The predicted octanol–water partition coefficient (Wildman–Crippen LogP) is 3.57. The molecule has 0 bridgehead atoms. The fourth-order valence-electron chi connectivity index (χ4n) is 2.60. The Balaban J connectivity index is 2.21. The van der Waals surface area contributed by atoms with Gasteiger partial charge in [-0.05, 0) is 34.7 Å². The second-order valence-corrected chi connectivity index (χ2v) is 6.68. The Morgan fingerprint density at radius 3 is 2.88 bits per heavy atom. The molecule has 0 amide bonds. The maximum absolute atomic E-state index is 5.14. The molecule has 1 aromatic rings. The molecule has 0 N–H and O–H groups in total. The topological polar surface area (TPSA) is 27.1 Å². The highest BCUT2D eigenvalue weighted by atomic mass is 79.9. The third-order valence-electron chi connectivity index (χ3n) is 3.65. The van der Waals surface area contributed by atoms with E-state index < -0.39 is 0 Å². The average Bonchev–Trinajstić information content (AvgIpc) is 2.82. The van der Waals surface area contributed by atoms with Crippen LogP contribution >= 0.6 is 31.9 Å². The van der Waals surface area contributed by atoms with E-state index in [1.54, 1.807) is 7.11 Å². The van der Waals surface area contributed by atoms with Gasteiger partial charge in [0.25, 0.3) is 0 Å². The molecule has 1 heterocycles. The van der Waals surface area contributed by atoms with Gasteiger partial charge in [-0.15, -0.1) is 0 Å². The fourth-order valence-corrected chi connectivity index (χ4v) is 3.82. The molecule has 17 heavy (non-hydrogen) atoms. The lowest BCUT2D eigenvalue weighted by Crippen LogP contribution is -2.16. The molecule has 2 rings (SSSR count). The minimum Gasteiger partial charge on any atom is -0.383 e. The Morgan fingerprint density at radius 2 is 2.29 bits per heavy atom. The lowest BCUT2D eigenvalue weighted by molar-refractivity contribution is 0.181. The van der Waals surface area contributed by atoms with Gasteiger partial charge in [-0.2, -0.15) is 5.10 Å². The van der Waals surface area contributed by atoms with Crippen molar-refractivity contribution >= 4 is 31.9 Å². The number of alkyl halides is 1. The summed E-state index contributed by atoms with van der Waals surface area (Å²) in [7, 11) is 1.73. The monoisotopic (exact) mass is 364 g/mol. The third-order valence-corrected chi connectivity index (χ3v) is 5.55. The van der Waals surface area contributed by atoms with Crippen molar-refractivity contribution in [3.63, 3.8) is 0 Å². The van der Waals surface area contributed by atoms with Crippen molar-refractivity contribution in [1.29, 1.82) is 0 Å². The molecule has 0 spiro atoms. The van der Waals surface area contributed by atoms with E-state index in [0.29, 0.717) is 23.3 Å². The van der Waals surface area contributed by atoms with E-state index in [1.807, 2.05) is 6.20 Å². The van der Waals surface area contributed by atoms with Crippen LogP contribution in [-0.2, 0) is 11.3 Å². The summed E-state index contributed by atoms with van der Waals surface area (Å²) in [6.45, 7) is 3.85. The smallest absolute Gasteiger partial charge is 0.0658 e. The molecule has 3 atom stereocenters. The molecule has 3 unspecified atom stereocenters. The molecule has 1 aromatic heterocycles. The van der Waals surface area contributed by atoms with Crippen LogP contribution in [-0.4, -0.2) is 28.3 Å². The van der Waals surface area contributed by atoms with E-state index in [0.717, 1.165) is 11.0 Å². The molecule has 0 radical (unpaired) electrons. The number of aromatic nitrogens is 2. The van der Waals surface area contributed by atoms with Crippen LogP contribution in [0.1, 0.15) is 31.4 Å². The van der Waals surface area contributed by atoms with Crippen LogP contribution in [0.3, 0.4) is 0 Å². The standard InChI is InChI=1S/C12H18Br2N2O/c1-8-9(3-4-10(8)13)12-11(14)7-15-16(12)5-6-17-2/h7-10H,3-6H2,1-2H3. The maximum atomic E-state index is 5.14. The summed E-state index contributed by atoms with van der Waals surface area (Å²) < 4.78 is 8.35. The van der Waals surface area contributed by atoms with Crippen molar-refractivity contribution < 1.29 is 4.74 Å². The average molecular weight is 366 g/mol. The number of hydrogen-bond acceptors (Lipinski definition) is 2. The first-order valence-corrected chi connectivity index (χ1v) is 7.70. The van der Waals surface area contributed by atoms with Crippen molar-refractivity contribution in [3.8, 4) is 0 Å². The zero-order valence-corrected chi connectivity index (χ0v) is 13.4. The SMILES string of the molecule is COCCn1ncc(Br)c1C1CCC(Br)C1C. The van der Waals surface area contributed by atoms with Gasteiger partial charge in [0.05, 0.1) is 29.5 Å². The molecular formula is C12H18Br2N2O. The highest BCUT2D eigenvalue weighted by Gasteiger charge is 2.35. The van der Waals surface area contributed by atoms with Gasteiger partial charge in [0.15, 0.2) is 0 Å². The van der Waals surface area contributed by atoms with Crippen LogP contribution in [0.4, 0.5) is 0 Å². The van der Waals surface area contributed by atoms with E-state index in [1.165, 1.54) is 18.5 Å². The predicted molar refractivity (Wildman–Crippen MR) is 75.7 cm³/mol. The van der Waals surface area contributed by atoms with Crippen molar-refractivity contribution in [2.75, 3.05) is 13.7 Å². The third kappa shape index (κ3) is 2.76. The largest absolute Gasteiger partial charge is 0.383 e. The molecule has 5 heteroatoms. The number of ether oxygens (including phenoxy) is 1. The Kier molecular flexibility index (Phi) is 4.66. The number of nitrogens with zero attached hydrogens (tertiary/aromatic N) is 2. The van der Waals surface area contributed by atoms with Gasteiger partial charge in [-0.1, -0.05) is 22.9 Å². The minimum atomic E-state index is 0.591. The van der Waals surface area contributed by atoms with E-state index >= 15 is 0 Å². The summed E-state index contributed by atoms with van der Waals surface area (Å²) in [6.07, 6.45) is 4.38. The molecule has 1 saturated carbocycles. The minimum absolute atomic E-state index is 0.591. The van der Waals surface area contributed by atoms with Crippen LogP contribution in [0.15, 0.2) is 10.7 Å². The van der Waals surface area contributed by atoms with Gasteiger partial charge in [-0.25, -0.2) is 0 Å². The number of methoxy groups -OCH3 is 1.